The van der Waals surface area contributed by atoms with Crippen LogP contribution in [0.1, 0.15) is 11.4 Å². The lowest BCUT2D eigenvalue weighted by atomic mass is 10.0. The smallest absolute Gasteiger partial charge is 0.220 e. The second kappa shape index (κ2) is 4.31. The Kier molecular flexibility index (Phi) is 2.63. The van der Waals surface area contributed by atoms with Crippen molar-refractivity contribution in [1.29, 1.82) is 0 Å². The van der Waals surface area contributed by atoms with Crippen LogP contribution in [0.3, 0.4) is 0 Å². The Morgan fingerprint density at radius 2 is 1.74 bits per heavy atom. The van der Waals surface area contributed by atoms with Crippen LogP contribution in [-0.4, -0.2) is 15.0 Å². The first-order valence-corrected chi connectivity index (χ1v) is 6.11. The molecule has 3 aromatic rings. The maximum atomic E-state index is 5.73. The minimum atomic E-state index is 0.298. The molecular weight excluding hydrogens is 236 g/mol. The van der Waals surface area contributed by atoms with Crippen molar-refractivity contribution in [2.75, 3.05) is 5.73 Å². The Morgan fingerprint density at radius 1 is 0.895 bits per heavy atom. The highest BCUT2D eigenvalue weighted by molar-refractivity contribution is 5.93. The van der Waals surface area contributed by atoms with E-state index in [9.17, 15) is 0 Å². The van der Waals surface area contributed by atoms with Crippen LogP contribution in [0, 0.1) is 13.8 Å². The number of pyridine rings is 1. The number of fused-ring (bicyclic) bond motifs is 1. The number of benzene rings is 1. The van der Waals surface area contributed by atoms with E-state index in [-0.39, 0.29) is 0 Å². The van der Waals surface area contributed by atoms with Crippen LogP contribution in [0.5, 0.6) is 0 Å². The number of hydrogen-bond donors (Lipinski definition) is 1. The number of aromatic nitrogens is 3. The van der Waals surface area contributed by atoms with Crippen molar-refractivity contribution in [3.8, 4) is 11.3 Å². The van der Waals surface area contributed by atoms with Crippen LogP contribution in [0.4, 0.5) is 5.95 Å². The van der Waals surface area contributed by atoms with Gasteiger partial charge in [-0.2, -0.15) is 0 Å². The zero-order chi connectivity index (χ0) is 13.4. The summed E-state index contributed by atoms with van der Waals surface area (Å²) in [5, 5.41) is 1.07. The SMILES string of the molecule is Cc1cc(-c2cccc3nc(C)ccc23)nc(N)n1. The van der Waals surface area contributed by atoms with E-state index in [2.05, 4.69) is 21.0 Å². The molecule has 2 N–H and O–H groups in total. The monoisotopic (exact) mass is 250 g/mol. The van der Waals surface area contributed by atoms with E-state index in [1.165, 1.54) is 0 Å². The molecule has 0 bridgehead atoms. The Morgan fingerprint density at radius 3 is 2.53 bits per heavy atom. The predicted molar refractivity (Wildman–Crippen MR) is 76.7 cm³/mol. The highest BCUT2D eigenvalue weighted by Gasteiger charge is 2.07. The van der Waals surface area contributed by atoms with Crippen LogP contribution in [0.15, 0.2) is 36.4 Å². The van der Waals surface area contributed by atoms with Gasteiger partial charge >= 0.3 is 0 Å². The molecule has 0 saturated heterocycles. The molecule has 4 heteroatoms. The Hall–Kier alpha value is -2.49. The highest BCUT2D eigenvalue weighted by Crippen LogP contribution is 2.27. The zero-order valence-electron chi connectivity index (χ0n) is 10.9. The molecule has 3 rings (SSSR count). The first-order valence-electron chi connectivity index (χ1n) is 6.11. The van der Waals surface area contributed by atoms with Gasteiger partial charge in [0.25, 0.3) is 0 Å². The standard InChI is InChI=1S/C15H14N4/c1-9-6-7-12-11(4-3-5-13(12)17-9)14-8-10(2)18-15(16)19-14/h3-8H,1-2H3,(H2,16,18,19). The first kappa shape index (κ1) is 11.6. The Balaban J connectivity index is 2.30. The van der Waals surface area contributed by atoms with Gasteiger partial charge in [-0.25, -0.2) is 9.97 Å². The third kappa shape index (κ3) is 2.12. The number of aryl methyl sites for hydroxylation is 2. The molecule has 0 atom stereocenters. The summed E-state index contributed by atoms with van der Waals surface area (Å²) in [5.41, 5.74) is 10.4. The molecule has 0 fully saturated rings. The van der Waals surface area contributed by atoms with Gasteiger partial charge in [-0.05, 0) is 32.0 Å². The summed E-state index contributed by atoms with van der Waals surface area (Å²) in [6.45, 7) is 3.90. The molecule has 0 radical (unpaired) electrons. The number of nitrogen functional groups attached to an aromatic ring is 1. The van der Waals surface area contributed by atoms with Gasteiger partial charge in [0.1, 0.15) is 0 Å². The van der Waals surface area contributed by atoms with Crippen molar-refractivity contribution in [2.24, 2.45) is 0 Å². The van der Waals surface area contributed by atoms with Crippen molar-refractivity contribution >= 4 is 16.9 Å². The number of anilines is 1. The van der Waals surface area contributed by atoms with E-state index < -0.39 is 0 Å². The summed E-state index contributed by atoms with van der Waals surface area (Å²) in [5.74, 6) is 0.298. The van der Waals surface area contributed by atoms with E-state index >= 15 is 0 Å². The molecule has 2 heterocycles. The average molecular weight is 250 g/mol. The van der Waals surface area contributed by atoms with Crippen LogP contribution < -0.4 is 5.73 Å². The van der Waals surface area contributed by atoms with Crippen LogP contribution in [0.25, 0.3) is 22.2 Å². The molecule has 0 aliphatic rings. The van der Waals surface area contributed by atoms with E-state index in [0.717, 1.165) is 33.5 Å². The minimum absolute atomic E-state index is 0.298. The minimum Gasteiger partial charge on any atom is -0.368 e. The lowest BCUT2D eigenvalue weighted by Crippen LogP contribution is -1.98. The normalized spacial score (nSPS) is 10.8. The molecule has 0 spiro atoms. The lowest BCUT2D eigenvalue weighted by Gasteiger charge is -2.07. The largest absolute Gasteiger partial charge is 0.368 e. The third-order valence-electron chi connectivity index (χ3n) is 3.02. The quantitative estimate of drug-likeness (QED) is 0.721. The Bertz CT molecular complexity index is 745. The third-order valence-corrected chi connectivity index (χ3v) is 3.02. The molecule has 0 amide bonds. The summed E-state index contributed by atoms with van der Waals surface area (Å²) in [6.07, 6.45) is 0. The molecule has 2 aromatic heterocycles. The van der Waals surface area contributed by atoms with Crippen LogP contribution in [-0.2, 0) is 0 Å². The van der Waals surface area contributed by atoms with Crippen molar-refractivity contribution < 1.29 is 0 Å². The maximum Gasteiger partial charge on any atom is 0.220 e. The molecular formula is C15H14N4. The highest BCUT2D eigenvalue weighted by atomic mass is 15.0. The topological polar surface area (TPSA) is 64.7 Å². The van der Waals surface area contributed by atoms with Crippen LogP contribution >= 0.6 is 0 Å². The van der Waals surface area contributed by atoms with Crippen molar-refractivity contribution in [1.82, 2.24) is 15.0 Å². The van der Waals surface area contributed by atoms with Gasteiger partial charge in [0, 0.05) is 22.3 Å². The van der Waals surface area contributed by atoms with E-state index in [1.54, 1.807) is 0 Å². The number of nitrogens with two attached hydrogens (primary N) is 1. The Labute approximate surface area is 111 Å². The van der Waals surface area contributed by atoms with Crippen LogP contribution in [0.2, 0.25) is 0 Å². The molecule has 4 nitrogen and oxygen atoms in total. The first-order chi connectivity index (χ1) is 9.13. The van der Waals surface area contributed by atoms with E-state index in [1.807, 2.05) is 44.2 Å². The fourth-order valence-electron chi connectivity index (χ4n) is 2.21. The maximum absolute atomic E-state index is 5.73. The summed E-state index contributed by atoms with van der Waals surface area (Å²) < 4.78 is 0. The van der Waals surface area contributed by atoms with Gasteiger partial charge in [-0.15, -0.1) is 0 Å². The average Bonchev–Trinajstić information content (AvgIpc) is 2.36. The molecule has 19 heavy (non-hydrogen) atoms. The van der Waals surface area contributed by atoms with Gasteiger partial charge in [0.2, 0.25) is 5.95 Å². The summed E-state index contributed by atoms with van der Waals surface area (Å²) in [6, 6.07) is 12.0. The van der Waals surface area contributed by atoms with Gasteiger partial charge in [-0.3, -0.25) is 4.98 Å². The molecule has 0 aliphatic carbocycles. The van der Waals surface area contributed by atoms with Gasteiger partial charge in [0.15, 0.2) is 0 Å². The second-order valence-electron chi connectivity index (χ2n) is 4.58. The van der Waals surface area contributed by atoms with Gasteiger partial charge in [0.05, 0.1) is 11.2 Å². The number of hydrogen-bond acceptors (Lipinski definition) is 4. The fraction of sp³-hybridized carbons (Fsp3) is 0.133. The van der Waals surface area contributed by atoms with Gasteiger partial charge < -0.3 is 5.73 Å². The molecule has 0 saturated carbocycles. The molecule has 94 valence electrons. The van der Waals surface area contributed by atoms with Crippen molar-refractivity contribution in [2.45, 2.75) is 13.8 Å². The van der Waals surface area contributed by atoms with E-state index in [0.29, 0.717) is 5.95 Å². The van der Waals surface area contributed by atoms with E-state index in [4.69, 9.17) is 5.73 Å². The fourth-order valence-corrected chi connectivity index (χ4v) is 2.21. The molecule has 0 aliphatic heterocycles. The number of rotatable bonds is 1. The lowest BCUT2D eigenvalue weighted by molar-refractivity contribution is 1.12. The number of nitrogens with zero attached hydrogens (tertiary/aromatic N) is 3. The molecule has 1 aromatic carbocycles. The molecule has 0 unspecified atom stereocenters. The predicted octanol–water partition coefficient (Wildman–Crippen LogP) is 2.89. The van der Waals surface area contributed by atoms with Gasteiger partial charge in [-0.1, -0.05) is 18.2 Å². The van der Waals surface area contributed by atoms with Crippen molar-refractivity contribution in [3.63, 3.8) is 0 Å². The summed E-state index contributed by atoms with van der Waals surface area (Å²) >= 11 is 0. The summed E-state index contributed by atoms with van der Waals surface area (Å²) in [4.78, 5) is 13.0. The zero-order valence-corrected chi connectivity index (χ0v) is 10.9. The second-order valence-corrected chi connectivity index (χ2v) is 4.58. The summed E-state index contributed by atoms with van der Waals surface area (Å²) in [7, 11) is 0. The van der Waals surface area contributed by atoms with Crippen molar-refractivity contribution in [3.05, 3.63) is 47.8 Å².